The first-order valence-corrected chi connectivity index (χ1v) is 6.99. The SMILES string of the molecule is CN(CC1(N(C)C)CCC1)C(=O)c1cccc(C(=O)O)n1. The molecule has 21 heavy (non-hydrogen) atoms. The van der Waals surface area contributed by atoms with Gasteiger partial charge in [0.25, 0.3) is 5.91 Å². The highest BCUT2D eigenvalue weighted by Gasteiger charge is 2.40. The quantitative estimate of drug-likeness (QED) is 0.886. The minimum Gasteiger partial charge on any atom is -0.477 e. The van der Waals surface area contributed by atoms with Gasteiger partial charge >= 0.3 is 5.97 Å². The van der Waals surface area contributed by atoms with E-state index in [2.05, 4.69) is 9.88 Å². The number of aromatic carboxylic acids is 1. The first-order valence-electron chi connectivity index (χ1n) is 6.99. The molecule has 1 amide bonds. The first-order chi connectivity index (χ1) is 9.85. The summed E-state index contributed by atoms with van der Waals surface area (Å²) in [6.45, 7) is 0.623. The number of amides is 1. The van der Waals surface area contributed by atoms with Crippen LogP contribution in [0.2, 0.25) is 0 Å². The van der Waals surface area contributed by atoms with Gasteiger partial charge < -0.3 is 14.9 Å². The van der Waals surface area contributed by atoms with Gasteiger partial charge in [0, 0.05) is 19.1 Å². The van der Waals surface area contributed by atoms with Crippen LogP contribution in [0.1, 0.15) is 40.2 Å². The molecule has 0 spiro atoms. The van der Waals surface area contributed by atoms with E-state index in [4.69, 9.17) is 5.11 Å². The second kappa shape index (κ2) is 5.81. The minimum absolute atomic E-state index is 0.0365. The molecule has 2 rings (SSSR count). The number of hydrogen-bond donors (Lipinski definition) is 1. The number of nitrogens with zero attached hydrogens (tertiary/aromatic N) is 3. The van der Waals surface area contributed by atoms with Gasteiger partial charge in [-0.25, -0.2) is 9.78 Å². The Hall–Kier alpha value is -1.95. The molecule has 0 aliphatic heterocycles. The highest BCUT2D eigenvalue weighted by Crippen LogP contribution is 2.36. The Labute approximate surface area is 124 Å². The molecule has 0 aromatic carbocycles. The largest absolute Gasteiger partial charge is 0.477 e. The van der Waals surface area contributed by atoms with Crippen molar-refractivity contribution in [3.63, 3.8) is 0 Å². The van der Waals surface area contributed by atoms with Crippen LogP contribution in [0.4, 0.5) is 0 Å². The van der Waals surface area contributed by atoms with Gasteiger partial charge in [0.1, 0.15) is 11.4 Å². The molecular formula is C15H21N3O3. The lowest BCUT2D eigenvalue weighted by Gasteiger charge is -2.49. The molecule has 1 aliphatic carbocycles. The Morgan fingerprint density at radius 3 is 2.33 bits per heavy atom. The number of carboxylic acids is 1. The van der Waals surface area contributed by atoms with Crippen molar-refractivity contribution in [3.8, 4) is 0 Å². The number of carboxylic acid groups (broad SMARTS) is 1. The van der Waals surface area contributed by atoms with Crippen LogP contribution >= 0.6 is 0 Å². The lowest BCUT2D eigenvalue weighted by molar-refractivity contribution is 0.0250. The van der Waals surface area contributed by atoms with Crippen molar-refractivity contribution in [2.45, 2.75) is 24.8 Å². The molecule has 6 nitrogen and oxygen atoms in total. The van der Waals surface area contributed by atoms with Gasteiger partial charge in [-0.05, 0) is 45.5 Å². The molecule has 6 heteroatoms. The summed E-state index contributed by atoms with van der Waals surface area (Å²) in [5.41, 5.74) is 0.0975. The summed E-state index contributed by atoms with van der Waals surface area (Å²) in [6, 6.07) is 4.48. The molecule has 0 atom stereocenters. The zero-order valence-corrected chi connectivity index (χ0v) is 12.7. The van der Waals surface area contributed by atoms with Gasteiger partial charge in [-0.2, -0.15) is 0 Å². The van der Waals surface area contributed by atoms with Crippen LogP contribution in [-0.4, -0.2) is 65.0 Å². The monoisotopic (exact) mass is 291 g/mol. The molecule has 1 saturated carbocycles. The molecule has 0 saturated heterocycles. The van der Waals surface area contributed by atoms with Crippen molar-refractivity contribution in [2.75, 3.05) is 27.7 Å². The highest BCUT2D eigenvalue weighted by atomic mass is 16.4. The van der Waals surface area contributed by atoms with Crippen molar-refractivity contribution in [2.24, 2.45) is 0 Å². The predicted molar refractivity (Wildman–Crippen MR) is 78.4 cm³/mol. The maximum Gasteiger partial charge on any atom is 0.354 e. The van der Waals surface area contributed by atoms with E-state index >= 15 is 0 Å². The van der Waals surface area contributed by atoms with Crippen LogP contribution in [0.3, 0.4) is 0 Å². The summed E-state index contributed by atoms with van der Waals surface area (Å²) in [5, 5.41) is 8.94. The molecule has 0 radical (unpaired) electrons. The number of likely N-dealkylation sites (N-methyl/N-ethyl adjacent to an activating group) is 2. The van der Waals surface area contributed by atoms with Crippen LogP contribution in [0.25, 0.3) is 0 Å². The standard InChI is InChI=1S/C15H21N3O3/c1-17(2)15(8-5-9-15)10-18(3)13(19)11-6-4-7-12(16-11)14(20)21/h4,6-7H,5,8-10H2,1-3H3,(H,20,21). The second-order valence-electron chi connectivity index (χ2n) is 5.85. The molecule has 1 heterocycles. The third-order valence-electron chi connectivity index (χ3n) is 4.30. The van der Waals surface area contributed by atoms with Gasteiger partial charge in [0.2, 0.25) is 0 Å². The molecule has 0 unspecified atom stereocenters. The van der Waals surface area contributed by atoms with E-state index in [-0.39, 0.29) is 22.8 Å². The zero-order chi connectivity index (χ0) is 15.6. The third-order valence-corrected chi connectivity index (χ3v) is 4.30. The summed E-state index contributed by atoms with van der Waals surface area (Å²) in [5.74, 6) is -1.37. The molecule has 114 valence electrons. The van der Waals surface area contributed by atoms with Gasteiger partial charge in [0.05, 0.1) is 0 Å². The second-order valence-corrected chi connectivity index (χ2v) is 5.85. The smallest absolute Gasteiger partial charge is 0.354 e. The van der Waals surface area contributed by atoms with E-state index < -0.39 is 5.97 Å². The molecule has 1 fully saturated rings. The fourth-order valence-electron chi connectivity index (χ4n) is 2.71. The van der Waals surface area contributed by atoms with Crippen LogP contribution < -0.4 is 0 Å². The average molecular weight is 291 g/mol. The number of hydrogen-bond acceptors (Lipinski definition) is 4. The van der Waals surface area contributed by atoms with Crippen LogP contribution in [0, 0.1) is 0 Å². The maximum atomic E-state index is 12.4. The Bertz CT molecular complexity index is 553. The minimum atomic E-state index is -1.13. The normalized spacial score (nSPS) is 16.4. The summed E-state index contributed by atoms with van der Waals surface area (Å²) in [6.07, 6.45) is 3.31. The van der Waals surface area contributed by atoms with Gasteiger partial charge in [-0.3, -0.25) is 4.79 Å². The maximum absolute atomic E-state index is 12.4. The van der Waals surface area contributed by atoms with Crippen molar-refractivity contribution in [3.05, 3.63) is 29.6 Å². The van der Waals surface area contributed by atoms with E-state index in [0.29, 0.717) is 6.54 Å². The van der Waals surface area contributed by atoms with Crippen molar-refractivity contribution >= 4 is 11.9 Å². The Kier molecular flexibility index (Phi) is 4.27. The lowest BCUT2D eigenvalue weighted by atomic mass is 9.75. The average Bonchev–Trinajstić information content (AvgIpc) is 2.41. The highest BCUT2D eigenvalue weighted by molar-refractivity contribution is 5.94. The Morgan fingerprint density at radius 1 is 1.24 bits per heavy atom. The molecule has 1 aliphatic rings. The van der Waals surface area contributed by atoms with Gasteiger partial charge in [0.15, 0.2) is 0 Å². The fraction of sp³-hybridized carbons (Fsp3) is 0.533. The number of carbonyl (C=O) groups excluding carboxylic acids is 1. The Balaban J connectivity index is 2.12. The summed E-state index contributed by atoms with van der Waals surface area (Å²) in [4.78, 5) is 31.0. The summed E-state index contributed by atoms with van der Waals surface area (Å²) < 4.78 is 0. The molecule has 1 N–H and O–H groups in total. The van der Waals surface area contributed by atoms with Gasteiger partial charge in [-0.1, -0.05) is 6.07 Å². The van der Waals surface area contributed by atoms with Crippen molar-refractivity contribution < 1.29 is 14.7 Å². The number of pyridine rings is 1. The number of carbonyl (C=O) groups is 2. The lowest BCUT2D eigenvalue weighted by Crippen LogP contribution is -2.57. The number of rotatable bonds is 5. The topological polar surface area (TPSA) is 73.7 Å². The molecular weight excluding hydrogens is 270 g/mol. The summed E-state index contributed by atoms with van der Waals surface area (Å²) in [7, 11) is 5.79. The van der Waals surface area contributed by atoms with Crippen LogP contribution in [0.5, 0.6) is 0 Å². The fourth-order valence-corrected chi connectivity index (χ4v) is 2.71. The third kappa shape index (κ3) is 3.05. The first kappa shape index (κ1) is 15.4. The molecule has 1 aromatic rings. The van der Waals surface area contributed by atoms with Crippen LogP contribution in [0.15, 0.2) is 18.2 Å². The zero-order valence-electron chi connectivity index (χ0n) is 12.7. The Morgan fingerprint density at radius 2 is 1.86 bits per heavy atom. The molecule has 1 aromatic heterocycles. The van der Waals surface area contributed by atoms with Gasteiger partial charge in [-0.15, -0.1) is 0 Å². The number of aromatic nitrogens is 1. The van der Waals surface area contributed by atoms with E-state index in [9.17, 15) is 9.59 Å². The van der Waals surface area contributed by atoms with E-state index in [1.54, 1.807) is 24.1 Å². The van der Waals surface area contributed by atoms with E-state index in [0.717, 1.165) is 12.8 Å². The predicted octanol–water partition coefficient (Wildman–Crippen LogP) is 1.34. The van der Waals surface area contributed by atoms with Crippen molar-refractivity contribution in [1.29, 1.82) is 0 Å². The summed E-state index contributed by atoms with van der Waals surface area (Å²) >= 11 is 0. The van der Waals surface area contributed by atoms with Crippen LogP contribution in [-0.2, 0) is 0 Å². The molecule has 0 bridgehead atoms. The van der Waals surface area contributed by atoms with E-state index in [1.807, 2.05) is 14.1 Å². The van der Waals surface area contributed by atoms with Crippen molar-refractivity contribution in [1.82, 2.24) is 14.8 Å². The van der Waals surface area contributed by atoms with E-state index in [1.165, 1.54) is 12.5 Å².